The van der Waals surface area contributed by atoms with Crippen LogP contribution in [0.5, 0.6) is 0 Å². The maximum atomic E-state index is 13.7. The first kappa shape index (κ1) is 22.8. The predicted octanol–water partition coefficient (Wildman–Crippen LogP) is 6.60. The molecule has 1 unspecified atom stereocenters. The molecule has 3 nitrogen and oxygen atoms in total. The quantitative estimate of drug-likeness (QED) is 0.302. The maximum Gasteiger partial charge on any atom is 0.251 e. The van der Waals surface area contributed by atoms with E-state index >= 15 is 0 Å². The van der Waals surface area contributed by atoms with Crippen molar-refractivity contribution in [3.63, 3.8) is 0 Å². The number of carbonyl (C=O) groups excluding carboxylic acids is 2. The molecule has 0 bridgehead atoms. The van der Waals surface area contributed by atoms with E-state index in [-0.39, 0.29) is 35.4 Å². The molecule has 0 heterocycles. The average Bonchev–Trinajstić information content (AvgIpc) is 3.68. The lowest BCUT2D eigenvalue weighted by Crippen LogP contribution is -2.27. The van der Waals surface area contributed by atoms with Gasteiger partial charge in [-0.05, 0) is 34.7 Å². The third-order valence-corrected chi connectivity index (χ3v) is 7.04. The Bertz CT molecular complexity index is 1260. The van der Waals surface area contributed by atoms with Crippen LogP contribution >= 0.6 is 0 Å². The number of benzene rings is 4. The minimum atomic E-state index is -0.155. The van der Waals surface area contributed by atoms with Crippen molar-refractivity contribution in [1.82, 2.24) is 5.32 Å². The lowest BCUT2D eigenvalue weighted by molar-refractivity contribution is 0.0951. The summed E-state index contributed by atoms with van der Waals surface area (Å²) < 4.78 is 0. The van der Waals surface area contributed by atoms with Gasteiger partial charge < -0.3 is 5.32 Å². The number of nitrogens with one attached hydrogen (secondary N) is 1. The summed E-state index contributed by atoms with van der Waals surface area (Å²) >= 11 is 0. The molecule has 0 aromatic heterocycles. The van der Waals surface area contributed by atoms with Gasteiger partial charge in [0, 0.05) is 35.4 Å². The SMILES string of the molecule is C[C@@H](CNC(=O)c1cccc(C(=O)C2[C@@H](c3ccccc3)[C@H]2c2ccccc2)c1)c1ccccc1. The van der Waals surface area contributed by atoms with Crippen LogP contribution in [0.25, 0.3) is 0 Å². The largest absolute Gasteiger partial charge is 0.351 e. The van der Waals surface area contributed by atoms with Crippen LogP contribution < -0.4 is 5.32 Å². The number of hydrogen-bond acceptors (Lipinski definition) is 2. The fraction of sp³-hybridized carbons (Fsp3) is 0.188. The van der Waals surface area contributed by atoms with E-state index in [2.05, 4.69) is 48.6 Å². The Morgan fingerprint density at radius 1 is 0.686 bits per heavy atom. The van der Waals surface area contributed by atoms with Gasteiger partial charge in [-0.3, -0.25) is 9.59 Å². The van der Waals surface area contributed by atoms with Gasteiger partial charge in [0.2, 0.25) is 0 Å². The highest BCUT2D eigenvalue weighted by Gasteiger charge is 2.55. The number of amides is 1. The molecule has 4 aromatic rings. The molecule has 0 aliphatic heterocycles. The summed E-state index contributed by atoms with van der Waals surface area (Å²) in [5.74, 6) is 0.314. The fourth-order valence-corrected chi connectivity index (χ4v) is 5.07. The Kier molecular flexibility index (Phi) is 6.58. The molecule has 4 atom stereocenters. The lowest BCUT2D eigenvalue weighted by Gasteiger charge is -2.13. The summed E-state index contributed by atoms with van der Waals surface area (Å²) in [5.41, 5.74) is 4.67. The van der Waals surface area contributed by atoms with Crippen molar-refractivity contribution in [2.45, 2.75) is 24.7 Å². The number of Topliss-reactive ketones (excluding diaryl/α,β-unsaturated/α-hetero) is 1. The van der Waals surface area contributed by atoms with Crippen molar-refractivity contribution in [3.8, 4) is 0 Å². The van der Waals surface area contributed by atoms with E-state index < -0.39 is 0 Å². The van der Waals surface area contributed by atoms with Gasteiger partial charge in [0.05, 0.1) is 0 Å². The van der Waals surface area contributed by atoms with Gasteiger partial charge in [-0.25, -0.2) is 0 Å². The molecule has 1 fully saturated rings. The van der Waals surface area contributed by atoms with Crippen molar-refractivity contribution >= 4 is 11.7 Å². The van der Waals surface area contributed by atoms with E-state index in [9.17, 15) is 9.59 Å². The highest BCUT2D eigenvalue weighted by Crippen LogP contribution is 2.61. The van der Waals surface area contributed by atoms with Crippen molar-refractivity contribution in [1.29, 1.82) is 0 Å². The number of rotatable bonds is 8. The van der Waals surface area contributed by atoms with E-state index in [1.165, 1.54) is 16.7 Å². The fourth-order valence-electron chi connectivity index (χ4n) is 5.07. The molecule has 0 spiro atoms. The minimum absolute atomic E-state index is 0.0972. The molecular formula is C32H29NO2. The molecule has 0 radical (unpaired) electrons. The molecule has 4 aromatic carbocycles. The minimum Gasteiger partial charge on any atom is -0.351 e. The van der Waals surface area contributed by atoms with Gasteiger partial charge in [-0.2, -0.15) is 0 Å². The molecule has 1 amide bonds. The first-order valence-corrected chi connectivity index (χ1v) is 12.2. The Morgan fingerprint density at radius 3 is 1.77 bits per heavy atom. The monoisotopic (exact) mass is 459 g/mol. The molecule has 35 heavy (non-hydrogen) atoms. The third-order valence-electron chi connectivity index (χ3n) is 7.04. The van der Waals surface area contributed by atoms with Crippen molar-refractivity contribution in [2.24, 2.45) is 5.92 Å². The van der Waals surface area contributed by atoms with Crippen LogP contribution in [0, 0.1) is 5.92 Å². The Hall–Kier alpha value is -3.98. The van der Waals surface area contributed by atoms with Crippen LogP contribution in [-0.2, 0) is 0 Å². The van der Waals surface area contributed by atoms with Gasteiger partial charge in [0.25, 0.3) is 5.91 Å². The second-order valence-corrected chi connectivity index (χ2v) is 9.37. The van der Waals surface area contributed by atoms with E-state index in [0.29, 0.717) is 17.7 Å². The van der Waals surface area contributed by atoms with Crippen LogP contribution in [0.15, 0.2) is 115 Å². The van der Waals surface area contributed by atoms with Gasteiger partial charge in [-0.15, -0.1) is 0 Å². The standard InChI is InChI=1S/C32H29NO2/c1-22(23-12-5-2-6-13-23)21-33-32(35)27-19-11-18-26(20-27)31(34)30-28(24-14-7-3-8-15-24)29(30)25-16-9-4-10-17-25/h2-20,22,28-30H,21H2,1H3,(H,33,35)/t22-,28-,29+,30?/m0/s1. The maximum absolute atomic E-state index is 13.7. The van der Waals surface area contributed by atoms with E-state index in [0.717, 1.165) is 0 Å². The molecule has 1 N–H and O–H groups in total. The zero-order chi connectivity index (χ0) is 24.2. The summed E-state index contributed by atoms with van der Waals surface area (Å²) in [7, 11) is 0. The zero-order valence-electron chi connectivity index (χ0n) is 19.8. The van der Waals surface area contributed by atoms with Crippen LogP contribution in [0.3, 0.4) is 0 Å². The molecular weight excluding hydrogens is 430 g/mol. The molecule has 0 saturated heterocycles. The summed E-state index contributed by atoms with van der Waals surface area (Å²) in [4.78, 5) is 26.6. The van der Waals surface area contributed by atoms with Crippen molar-refractivity contribution in [2.75, 3.05) is 6.54 Å². The number of carbonyl (C=O) groups is 2. The topological polar surface area (TPSA) is 46.2 Å². The normalized spacial score (nSPS) is 19.5. The predicted molar refractivity (Wildman–Crippen MR) is 140 cm³/mol. The van der Waals surface area contributed by atoms with E-state index in [1.54, 1.807) is 18.2 Å². The van der Waals surface area contributed by atoms with Crippen LogP contribution in [-0.4, -0.2) is 18.2 Å². The lowest BCUT2D eigenvalue weighted by atomic mass is 9.99. The summed E-state index contributed by atoms with van der Waals surface area (Å²) in [6.45, 7) is 2.63. The highest BCUT2D eigenvalue weighted by atomic mass is 16.1. The Balaban J connectivity index is 1.32. The molecule has 1 saturated carbocycles. The number of ketones is 1. The van der Waals surface area contributed by atoms with Gasteiger partial charge in [0.1, 0.15) is 0 Å². The molecule has 174 valence electrons. The van der Waals surface area contributed by atoms with Crippen LogP contribution in [0.4, 0.5) is 0 Å². The average molecular weight is 460 g/mol. The summed E-state index contributed by atoms with van der Waals surface area (Å²) in [5, 5.41) is 3.03. The highest BCUT2D eigenvalue weighted by molar-refractivity contribution is 6.04. The smallest absolute Gasteiger partial charge is 0.251 e. The second-order valence-electron chi connectivity index (χ2n) is 9.37. The van der Waals surface area contributed by atoms with Crippen molar-refractivity contribution < 1.29 is 9.59 Å². The molecule has 1 aliphatic carbocycles. The summed E-state index contributed by atoms with van der Waals surface area (Å²) in [6.07, 6.45) is 0. The summed E-state index contributed by atoms with van der Waals surface area (Å²) in [6, 6.07) is 37.8. The van der Waals surface area contributed by atoms with Gasteiger partial charge in [-0.1, -0.05) is 110 Å². The van der Waals surface area contributed by atoms with Gasteiger partial charge >= 0.3 is 0 Å². The number of hydrogen-bond donors (Lipinski definition) is 1. The Morgan fingerprint density at radius 2 is 1.20 bits per heavy atom. The third kappa shape index (κ3) is 4.95. The van der Waals surface area contributed by atoms with E-state index in [1.807, 2.05) is 60.7 Å². The van der Waals surface area contributed by atoms with Crippen LogP contribution in [0.1, 0.15) is 62.1 Å². The van der Waals surface area contributed by atoms with E-state index in [4.69, 9.17) is 0 Å². The Labute approximate surface area is 206 Å². The second kappa shape index (κ2) is 10.1. The van der Waals surface area contributed by atoms with Crippen LogP contribution in [0.2, 0.25) is 0 Å². The zero-order valence-corrected chi connectivity index (χ0v) is 19.8. The molecule has 3 heteroatoms. The van der Waals surface area contributed by atoms with Gasteiger partial charge in [0.15, 0.2) is 5.78 Å². The van der Waals surface area contributed by atoms with Crippen molar-refractivity contribution in [3.05, 3.63) is 143 Å². The first-order chi connectivity index (χ1) is 17.1. The first-order valence-electron chi connectivity index (χ1n) is 12.2. The molecule has 1 aliphatic rings. The molecule has 5 rings (SSSR count).